The highest BCUT2D eigenvalue weighted by molar-refractivity contribution is 7.15. The summed E-state index contributed by atoms with van der Waals surface area (Å²) in [4.78, 5) is 12.2. The largest absolute Gasteiger partial charge is 0.300 e. The fraction of sp³-hybridized carbons (Fsp3) is 0.800. The summed E-state index contributed by atoms with van der Waals surface area (Å²) in [5, 5.41) is 12.8. The van der Waals surface area contributed by atoms with Gasteiger partial charge in [-0.15, -0.1) is 10.2 Å². The van der Waals surface area contributed by atoms with Crippen molar-refractivity contribution < 1.29 is 4.79 Å². The quantitative estimate of drug-likeness (QED) is 0.817. The second kappa shape index (κ2) is 7.72. The smallest absolute Gasteiger partial charge is 0.229 e. The summed E-state index contributed by atoms with van der Waals surface area (Å²) in [7, 11) is 0. The van der Waals surface area contributed by atoms with Crippen LogP contribution in [0, 0.1) is 11.3 Å². The molecule has 5 heteroatoms. The van der Waals surface area contributed by atoms with Crippen LogP contribution in [-0.4, -0.2) is 16.1 Å². The first-order chi connectivity index (χ1) is 9.35. The molecular weight excluding hydrogens is 270 g/mol. The molecule has 0 radical (unpaired) electrons. The van der Waals surface area contributed by atoms with E-state index in [4.69, 9.17) is 0 Å². The van der Waals surface area contributed by atoms with Crippen molar-refractivity contribution in [2.45, 2.75) is 66.7 Å². The molecule has 0 unspecified atom stereocenters. The first-order valence-corrected chi connectivity index (χ1v) is 8.30. The van der Waals surface area contributed by atoms with E-state index in [2.05, 4.69) is 50.1 Å². The molecule has 20 heavy (non-hydrogen) atoms. The zero-order chi connectivity index (χ0) is 15.2. The lowest BCUT2D eigenvalue weighted by atomic mass is 9.93. The molecule has 4 nitrogen and oxygen atoms in total. The molecule has 0 spiro atoms. The predicted molar refractivity (Wildman–Crippen MR) is 85.0 cm³/mol. The average Bonchev–Trinajstić information content (AvgIpc) is 2.75. The number of anilines is 1. The number of carbonyl (C=O) groups is 1. The molecule has 0 aliphatic heterocycles. The van der Waals surface area contributed by atoms with E-state index in [9.17, 15) is 4.79 Å². The van der Waals surface area contributed by atoms with Gasteiger partial charge in [-0.2, -0.15) is 0 Å². The predicted octanol–water partition coefficient (Wildman–Crippen LogP) is 4.28. The van der Waals surface area contributed by atoms with E-state index in [1.165, 1.54) is 11.3 Å². The molecule has 1 aromatic rings. The molecule has 114 valence electrons. The van der Waals surface area contributed by atoms with Crippen LogP contribution in [0.25, 0.3) is 0 Å². The molecule has 1 rings (SSSR count). The molecule has 0 aromatic carbocycles. The fourth-order valence-electron chi connectivity index (χ4n) is 2.01. The topological polar surface area (TPSA) is 54.9 Å². The normalized spacial score (nSPS) is 13.2. The molecule has 0 bridgehead atoms. The molecule has 1 heterocycles. The molecule has 1 amide bonds. The molecule has 0 fully saturated rings. The minimum absolute atomic E-state index is 0.0828. The molecule has 0 saturated carbocycles. The third kappa shape index (κ3) is 5.99. The maximum absolute atomic E-state index is 12.2. The van der Waals surface area contributed by atoms with Crippen molar-refractivity contribution in [3.63, 3.8) is 0 Å². The lowest BCUT2D eigenvalue weighted by Gasteiger charge is -2.15. The van der Waals surface area contributed by atoms with Crippen molar-refractivity contribution in [3.8, 4) is 0 Å². The summed E-state index contributed by atoms with van der Waals surface area (Å²) in [5.74, 6) is 0.171. The van der Waals surface area contributed by atoms with Gasteiger partial charge >= 0.3 is 0 Å². The van der Waals surface area contributed by atoms with Crippen molar-refractivity contribution in [3.05, 3.63) is 5.01 Å². The Morgan fingerprint density at radius 3 is 2.55 bits per heavy atom. The number of rotatable bonds is 7. The highest BCUT2D eigenvalue weighted by Crippen LogP contribution is 2.25. The zero-order valence-corrected chi connectivity index (χ0v) is 14.1. The third-order valence-electron chi connectivity index (χ3n) is 3.15. The van der Waals surface area contributed by atoms with Crippen LogP contribution < -0.4 is 5.32 Å². The molecule has 1 aromatic heterocycles. The van der Waals surface area contributed by atoms with Gasteiger partial charge in [-0.25, -0.2) is 0 Å². The van der Waals surface area contributed by atoms with Gasteiger partial charge in [-0.3, -0.25) is 4.79 Å². The number of nitrogens with one attached hydrogen (secondary N) is 1. The number of aromatic nitrogens is 2. The minimum atomic E-state index is 0.0828. The Bertz CT molecular complexity index is 423. The Balaban J connectivity index is 2.57. The van der Waals surface area contributed by atoms with E-state index in [0.717, 1.165) is 37.1 Å². The Labute approximate surface area is 126 Å². The van der Waals surface area contributed by atoms with E-state index < -0.39 is 0 Å². The summed E-state index contributed by atoms with van der Waals surface area (Å²) in [6, 6.07) is 0. The number of amides is 1. The van der Waals surface area contributed by atoms with Gasteiger partial charge in [0.15, 0.2) is 0 Å². The van der Waals surface area contributed by atoms with Crippen LogP contribution in [0.15, 0.2) is 0 Å². The van der Waals surface area contributed by atoms with Gasteiger partial charge in [0.2, 0.25) is 11.0 Å². The molecule has 0 aliphatic rings. The van der Waals surface area contributed by atoms with Gasteiger partial charge < -0.3 is 5.32 Å². The van der Waals surface area contributed by atoms with E-state index >= 15 is 0 Å². The Hall–Kier alpha value is -0.970. The maximum Gasteiger partial charge on any atom is 0.229 e. The molecular formula is C15H27N3OS. The molecule has 1 atom stereocenters. The number of hydrogen-bond acceptors (Lipinski definition) is 4. The third-order valence-corrected chi connectivity index (χ3v) is 3.99. The van der Waals surface area contributed by atoms with Crippen molar-refractivity contribution in [2.75, 3.05) is 5.32 Å². The summed E-state index contributed by atoms with van der Waals surface area (Å²) in [6.45, 7) is 10.7. The average molecular weight is 297 g/mol. The fourth-order valence-corrected chi connectivity index (χ4v) is 3.05. The van der Waals surface area contributed by atoms with Gasteiger partial charge in [0, 0.05) is 12.3 Å². The second-order valence-electron chi connectivity index (χ2n) is 6.48. The first-order valence-electron chi connectivity index (χ1n) is 7.49. The summed E-state index contributed by atoms with van der Waals surface area (Å²) in [6.07, 6.45) is 4.93. The Morgan fingerprint density at radius 1 is 1.30 bits per heavy atom. The van der Waals surface area contributed by atoms with Crippen LogP contribution in [0.4, 0.5) is 5.13 Å². The number of carbonyl (C=O) groups excluding carboxylic acids is 1. The lowest BCUT2D eigenvalue weighted by molar-refractivity contribution is -0.120. The van der Waals surface area contributed by atoms with Gasteiger partial charge in [-0.05, 0) is 18.3 Å². The lowest BCUT2D eigenvalue weighted by Crippen LogP contribution is -2.22. The van der Waals surface area contributed by atoms with Crippen LogP contribution in [-0.2, 0) is 11.2 Å². The van der Waals surface area contributed by atoms with Crippen molar-refractivity contribution >= 4 is 22.4 Å². The molecule has 0 saturated heterocycles. The monoisotopic (exact) mass is 297 g/mol. The van der Waals surface area contributed by atoms with Crippen LogP contribution in [0.5, 0.6) is 0 Å². The summed E-state index contributed by atoms with van der Waals surface area (Å²) < 4.78 is 0. The SMILES string of the molecule is CCCC[C@@H](CC)C(=O)Nc1nnc(CC(C)(C)C)s1. The highest BCUT2D eigenvalue weighted by Gasteiger charge is 2.19. The van der Waals surface area contributed by atoms with E-state index in [0.29, 0.717) is 5.13 Å². The van der Waals surface area contributed by atoms with Crippen LogP contribution >= 0.6 is 11.3 Å². The van der Waals surface area contributed by atoms with Gasteiger partial charge in [0.1, 0.15) is 5.01 Å². The van der Waals surface area contributed by atoms with Crippen molar-refractivity contribution in [1.29, 1.82) is 0 Å². The zero-order valence-electron chi connectivity index (χ0n) is 13.3. The Morgan fingerprint density at radius 2 is 2.00 bits per heavy atom. The van der Waals surface area contributed by atoms with Crippen LogP contribution in [0.3, 0.4) is 0 Å². The first kappa shape index (κ1) is 17.1. The molecule has 1 N–H and O–H groups in total. The second-order valence-corrected chi connectivity index (χ2v) is 7.54. The van der Waals surface area contributed by atoms with Gasteiger partial charge in [-0.1, -0.05) is 58.8 Å². The number of nitrogens with zero attached hydrogens (tertiary/aromatic N) is 2. The number of unbranched alkanes of at least 4 members (excludes halogenated alkanes) is 1. The van der Waals surface area contributed by atoms with E-state index in [-0.39, 0.29) is 17.2 Å². The van der Waals surface area contributed by atoms with Crippen LogP contribution in [0.2, 0.25) is 0 Å². The van der Waals surface area contributed by atoms with Gasteiger partial charge in [0.05, 0.1) is 0 Å². The minimum Gasteiger partial charge on any atom is -0.300 e. The standard InChI is InChI=1S/C15H27N3OS/c1-6-8-9-11(7-2)13(19)16-14-18-17-12(20-14)10-15(3,4)5/h11H,6-10H2,1-5H3,(H,16,18,19)/t11-/m1/s1. The van der Waals surface area contributed by atoms with Gasteiger partial charge in [0.25, 0.3) is 0 Å². The maximum atomic E-state index is 12.2. The van der Waals surface area contributed by atoms with Crippen molar-refractivity contribution in [2.24, 2.45) is 11.3 Å². The van der Waals surface area contributed by atoms with Crippen LogP contribution in [0.1, 0.15) is 65.3 Å². The highest BCUT2D eigenvalue weighted by atomic mass is 32.1. The van der Waals surface area contributed by atoms with E-state index in [1.54, 1.807) is 0 Å². The summed E-state index contributed by atoms with van der Waals surface area (Å²) >= 11 is 1.49. The Kier molecular flexibility index (Phi) is 6.59. The van der Waals surface area contributed by atoms with E-state index in [1.807, 2.05) is 0 Å². The summed E-state index contributed by atoms with van der Waals surface area (Å²) in [5.41, 5.74) is 0.188. The number of hydrogen-bond donors (Lipinski definition) is 1. The van der Waals surface area contributed by atoms with Crippen molar-refractivity contribution in [1.82, 2.24) is 10.2 Å². The molecule has 0 aliphatic carbocycles.